The number of pyridine rings is 2. The highest BCUT2D eigenvalue weighted by Gasteiger charge is 2.30. The first-order valence-electron chi connectivity index (χ1n) is 12.3. The molecular formula is C27H28N6O4. The number of amides is 2. The molecule has 0 aliphatic carbocycles. The van der Waals surface area contributed by atoms with E-state index < -0.39 is 6.09 Å². The first-order chi connectivity index (χ1) is 17.9. The number of hydrogen-bond acceptors (Lipinski definition) is 5. The maximum Gasteiger partial charge on any atom is 0.412 e. The van der Waals surface area contributed by atoms with E-state index in [9.17, 15) is 19.5 Å². The van der Waals surface area contributed by atoms with Crippen LogP contribution in [0.3, 0.4) is 0 Å². The van der Waals surface area contributed by atoms with Crippen molar-refractivity contribution in [2.45, 2.75) is 51.9 Å². The number of rotatable bonds is 7. The normalized spacial score (nSPS) is 14.9. The summed E-state index contributed by atoms with van der Waals surface area (Å²) in [6, 6.07) is 12.2. The highest BCUT2D eigenvalue weighted by atomic mass is 16.4. The van der Waals surface area contributed by atoms with Crippen LogP contribution in [0.5, 0.6) is 0 Å². The van der Waals surface area contributed by atoms with E-state index in [0.29, 0.717) is 49.4 Å². The number of hydrogen-bond donors (Lipinski definition) is 2. The fraction of sp³-hybridized carbons (Fsp3) is 0.296. The van der Waals surface area contributed by atoms with Crippen LogP contribution in [0.2, 0.25) is 0 Å². The van der Waals surface area contributed by atoms with Crippen molar-refractivity contribution in [2.24, 2.45) is 0 Å². The lowest BCUT2D eigenvalue weighted by Crippen LogP contribution is -2.41. The van der Waals surface area contributed by atoms with Crippen LogP contribution in [0.1, 0.15) is 30.3 Å². The van der Waals surface area contributed by atoms with Crippen LogP contribution in [0.15, 0.2) is 65.8 Å². The predicted octanol–water partition coefficient (Wildman–Crippen LogP) is 2.97. The average Bonchev–Trinajstić information content (AvgIpc) is 3.24. The Kier molecular flexibility index (Phi) is 6.72. The Balaban J connectivity index is 1.50. The third kappa shape index (κ3) is 4.95. The zero-order valence-electron chi connectivity index (χ0n) is 20.5. The van der Waals surface area contributed by atoms with Crippen molar-refractivity contribution >= 4 is 28.7 Å². The quantitative estimate of drug-likeness (QED) is 0.402. The number of carboxylic acid groups (broad SMARTS) is 1. The van der Waals surface area contributed by atoms with Crippen molar-refractivity contribution in [3.63, 3.8) is 0 Å². The Morgan fingerprint density at radius 1 is 1.16 bits per heavy atom. The molecule has 10 heteroatoms. The van der Waals surface area contributed by atoms with Crippen LogP contribution in [0, 0.1) is 0 Å². The van der Waals surface area contributed by atoms with Gasteiger partial charge in [-0.05, 0) is 49.6 Å². The average molecular weight is 501 g/mol. The van der Waals surface area contributed by atoms with Crippen LogP contribution in [-0.2, 0) is 37.3 Å². The summed E-state index contributed by atoms with van der Waals surface area (Å²) in [4.78, 5) is 47.5. The Bertz CT molecular complexity index is 1510. The maximum absolute atomic E-state index is 13.0. The number of aromatic nitrogens is 4. The molecule has 2 amide bonds. The van der Waals surface area contributed by atoms with Crippen molar-refractivity contribution in [3.05, 3.63) is 88.4 Å². The van der Waals surface area contributed by atoms with Gasteiger partial charge in [-0.15, -0.1) is 0 Å². The molecule has 37 heavy (non-hydrogen) atoms. The van der Waals surface area contributed by atoms with Crippen LogP contribution < -0.4 is 15.8 Å². The Labute approximate surface area is 213 Å². The summed E-state index contributed by atoms with van der Waals surface area (Å²) in [6.45, 7) is 2.71. The van der Waals surface area contributed by atoms with Crippen LogP contribution >= 0.6 is 0 Å². The molecule has 1 aromatic carbocycles. The number of anilines is 1. The lowest BCUT2D eigenvalue weighted by Gasteiger charge is -2.33. The number of fused-ring (bicyclic) bond motifs is 3. The molecule has 0 spiro atoms. The fourth-order valence-electron chi connectivity index (χ4n) is 4.90. The van der Waals surface area contributed by atoms with E-state index in [0.717, 1.165) is 16.6 Å². The first kappa shape index (κ1) is 24.2. The molecule has 2 N–H and O–H groups in total. The van der Waals surface area contributed by atoms with Crippen molar-refractivity contribution < 1.29 is 14.7 Å². The van der Waals surface area contributed by atoms with E-state index in [2.05, 4.69) is 10.3 Å². The number of imidazole rings is 1. The molecule has 0 saturated carbocycles. The molecule has 1 aliphatic rings. The summed E-state index contributed by atoms with van der Waals surface area (Å²) < 4.78 is 3.47. The van der Waals surface area contributed by atoms with Gasteiger partial charge in [0.1, 0.15) is 12.4 Å². The molecule has 10 nitrogen and oxygen atoms in total. The van der Waals surface area contributed by atoms with E-state index in [1.165, 1.54) is 11.0 Å². The first-order valence-corrected chi connectivity index (χ1v) is 12.3. The molecule has 3 aromatic heterocycles. The monoisotopic (exact) mass is 500 g/mol. The van der Waals surface area contributed by atoms with E-state index >= 15 is 0 Å². The van der Waals surface area contributed by atoms with E-state index in [4.69, 9.17) is 4.98 Å². The van der Waals surface area contributed by atoms with Gasteiger partial charge in [-0.3, -0.25) is 19.5 Å². The molecule has 0 radical (unpaired) electrons. The van der Waals surface area contributed by atoms with Gasteiger partial charge in [-0.1, -0.05) is 12.1 Å². The van der Waals surface area contributed by atoms with E-state index in [-0.39, 0.29) is 24.1 Å². The van der Waals surface area contributed by atoms with Crippen LogP contribution in [0.25, 0.3) is 11.0 Å². The SMILES string of the molecule is C[C@H]1CCc2c(ccc3c2nc(CCn2ccccc2=O)n3CC(=O)NCc2cccnc2)N1C(=O)O. The maximum atomic E-state index is 13.0. The molecule has 0 unspecified atom stereocenters. The van der Waals surface area contributed by atoms with Crippen LogP contribution in [0.4, 0.5) is 10.5 Å². The fourth-order valence-corrected chi connectivity index (χ4v) is 4.90. The standard InChI is InChI=1S/C27H28N6O4/c1-18-7-8-20-21(33(18)27(36)37)9-10-22-26(20)30-23(11-14-31-13-3-2-6-25(31)35)32(22)17-24(34)29-16-19-5-4-12-28-15-19/h2-6,9-10,12-13,15,18H,7-8,11,14,16-17H2,1H3,(H,29,34)(H,36,37)/t18-/m0/s1. The molecule has 4 heterocycles. The van der Waals surface area contributed by atoms with Gasteiger partial charge in [0.2, 0.25) is 5.91 Å². The highest BCUT2D eigenvalue weighted by Crippen LogP contribution is 2.36. The third-order valence-corrected chi connectivity index (χ3v) is 6.79. The minimum Gasteiger partial charge on any atom is -0.465 e. The van der Waals surface area contributed by atoms with Crippen molar-refractivity contribution in [1.29, 1.82) is 0 Å². The molecular weight excluding hydrogens is 472 g/mol. The minimum absolute atomic E-state index is 0.0492. The molecule has 1 aliphatic heterocycles. The lowest BCUT2D eigenvalue weighted by atomic mass is 9.96. The summed E-state index contributed by atoms with van der Waals surface area (Å²) in [6.07, 6.45) is 5.93. The minimum atomic E-state index is -0.995. The summed E-state index contributed by atoms with van der Waals surface area (Å²) in [7, 11) is 0. The number of nitrogens with zero attached hydrogens (tertiary/aromatic N) is 5. The molecule has 190 valence electrons. The van der Waals surface area contributed by atoms with Crippen molar-refractivity contribution in [2.75, 3.05) is 4.90 Å². The summed E-state index contributed by atoms with van der Waals surface area (Å²) in [5.41, 5.74) is 3.76. The lowest BCUT2D eigenvalue weighted by molar-refractivity contribution is -0.121. The second-order valence-electron chi connectivity index (χ2n) is 9.21. The third-order valence-electron chi connectivity index (χ3n) is 6.79. The van der Waals surface area contributed by atoms with Crippen molar-refractivity contribution in [3.8, 4) is 0 Å². The molecule has 5 rings (SSSR count). The summed E-state index contributed by atoms with van der Waals surface area (Å²) in [5, 5.41) is 12.7. The van der Waals surface area contributed by atoms with Gasteiger partial charge in [0.15, 0.2) is 0 Å². The van der Waals surface area contributed by atoms with Gasteiger partial charge in [0, 0.05) is 55.8 Å². The number of nitrogens with one attached hydrogen (secondary N) is 1. The van der Waals surface area contributed by atoms with Gasteiger partial charge in [0.25, 0.3) is 5.56 Å². The molecule has 0 saturated heterocycles. The molecule has 1 atom stereocenters. The van der Waals surface area contributed by atoms with Crippen molar-refractivity contribution in [1.82, 2.24) is 24.4 Å². The Hall–Kier alpha value is -4.47. The van der Waals surface area contributed by atoms with E-state index in [1.807, 2.05) is 29.7 Å². The van der Waals surface area contributed by atoms with Crippen LogP contribution in [-0.4, -0.2) is 42.3 Å². The number of benzene rings is 1. The molecule has 4 aromatic rings. The second kappa shape index (κ2) is 10.3. The van der Waals surface area contributed by atoms with Gasteiger partial charge in [0.05, 0.1) is 16.7 Å². The summed E-state index contributed by atoms with van der Waals surface area (Å²) >= 11 is 0. The Morgan fingerprint density at radius 2 is 2.03 bits per heavy atom. The summed E-state index contributed by atoms with van der Waals surface area (Å²) in [5.74, 6) is 0.482. The second-order valence-corrected chi connectivity index (χ2v) is 9.21. The van der Waals surface area contributed by atoms with Gasteiger partial charge in [-0.25, -0.2) is 9.78 Å². The molecule has 0 bridgehead atoms. The molecule has 0 fully saturated rings. The number of aryl methyl sites for hydroxylation is 3. The predicted molar refractivity (Wildman–Crippen MR) is 139 cm³/mol. The number of carbonyl (C=O) groups is 2. The smallest absolute Gasteiger partial charge is 0.412 e. The van der Waals surface area contributed by atoms with Gasteiger partial charge >= 0.3 is 6.09 Å². The highest BCUT2D eigenvalue weighted by molar-refractivity contribution is 5.95. The number of carbonyl (C=O) groups excluding carboxylic acids is 1. The van der Waals surface area contributed by atoms with Gasteiger partial charge in [-0.2, -0.15) is 0 Å². The zero-order valence-corrected chi connectivity index (χ0v) is 20.5. The zero-order chi connectivity index (χ0) is 25.9. The van der Waals surface area contributed by atoms with E-state index in [1.54, 1.807) is 41.4 Å². The van der Waals surface area contributed by atoms with Gasteiger partial charge < -0.3 is 19.6 Å². The largest absolute Gasteiger partial charge is 0.465 e. The topological polar surface area (TPSA) is 122 Å². The Morgan fingerprint density at radius 3 is 2.78 bits per heavy atom.